The Morgan fingerprint density at radius 3 is 2.11 bits per heavy atom. The number of carbonyl (C=O) groups excluding carboxylic acids is 2. The van der Waals surface area contributed by atoms with Crippen molar-refractivity contribution in [3.63, 3.8) is 0 Å². The molecule has 0 saturated heterocycles. The van der Waals surface area contributed by atoms with E-state index in [9.17, 15) is 18.0 Å². The van der Waals surface area contributed by atoms with Gasteiger partial charge in [0, 0.05) is 13.1 Å². The van der Waals surface area contributed by atoms with Crippen LogP contribution in [0.2, 0.25) is 0 Å². The maximum Gasteiger partial charge on any atom is 0.264 e. The van der Waals surface area contributed by atoms with Gasteiger partial charge in [-0.1, -0.05) is 79.6 Å². The van der Waals surface area contributed by atoms with Gasteiger partial charge in [0.05, 0.1) is 10.6 Å². The quantitative estimate of drug-likeness (QED) is 0.325. The molecule has 0 aliphatic heterocycles. The van der Waals surface area contributed by atoms with E-state index in [-0.39, 0.29) is 17.3 Å². The molecule has 0 spiro atoms. The number of carbonyl (C=O) groups is 2. The summed E-state index contributed by atoms with van der Waals surface area (Å²) >= 11 is 0. The molecule has 0 aliphatic carbocycles. The van der Waals surface area contributed by atoms with Crippen molar-refractivity contribution in [3.05, 3.63) is 96.1 Å². The molecule has 1 unspecified atom stereocenters. The lowest BCUT2D eigenvalue weighted by molar-refractivity contribution is -0.138. The molecule has 0 saturated carbocycles. The Bertz CT molecular complexity index is 1280. The summed E-state index contributed by atoms with van der Waals surface area (Å²) in [6.07, 6.45) is 2.32. The lowest BCUT2D eigenvalue weighted by Crippen LogP contribution is -2.52. The van der Waals surface area contributed by atoms with E-state index < -0.39 is 28.5 Å². The number of sulfonamides is 1. The van der Waals surface area contributed by atoms with Crippen molar-refractivity contribution in [2.24, 2.45) is 0 Å². The number of amides is 2. The molecule has 2 amide bonds. The normalized spacial score (nSPS) is 12.0. The first-order valence-electron chi connectivity index (χ1n) is 13.0. The number of hydrogen-bond acceptors (Lipinski definition) is 4. The van der Waals surface area contributed by atoms with Crippen LogP contribution in [0.4, 0.5) is 5.69 Å². The van der Waals surface area contributed by atoms with E-state index in [1.165, 1.54) is 4.90 Å². The maximum absolute atomic E-state index is 13.8. The molecule has 0 radical (unpaired) electrons. The molecular weight excluding hydrogens is 498 g/mol. The van der Waals surface area contributed by atoms with Crippen molar-refractivity contribution < 1.29 is 18.0 Å². The van der Waals surface area contributed by atoms with Crippen LogP contribution in [0.3, 0.4) is 0 Å². The number of nitrogens with one attached hydrogen (secondary N) is 1. The summed E-state index contributed by atoms with van der Waals surface area (Å²) in [5.74, 6) is -0.703. The molecule has 1 N–H and O–H groups in total. The average Bonchev–Trinajstić information content (AvgIpc) is 2.93. The van der Waals surface area contributed by atoms with Gasteiger partial charge in [-0.25, -0.2) is 8.42 Å². The molecule has 3 aromatic carbocycles. The highest BCUT2D eigenvalue weighted by Gasteiger charge is 2.32. The second kappa shape index (κ2) is 13.8. The third-order valence-corrected chi connectivity index (χ3v) is 8.20. The number of rotatable bonds is 13. The van der Waals surface area contributed by atoms with Gasteiger partial charge in [0.2, 0.25) is 11.8 Å². The van der Waals surface area contributed by atoms with Crippen molar-refractivity contribution in [2.45, 2.75) is 51.0 Å². The standard InChI is InChI=1S/C30H37N3O4S/c1-4-5-21-31-30(35)25(3)32(22-20-26-12-8-6-9-13-26)29(34)23-33(27-14-10-7-11-15-27)38(36,37)28-18-16-24(2)17-19-28/h6-19,25H,4-5,20-23H2,1-3H3,(H,31,35). The fraction of sp³-hybridized carbons (Fsp3) is 0.333. The molecule has 202 valence electrons. The zero-order valence-electron chi connectivity index (χ0n) is 22.3. The summed E-state index contributed by atoms with van der Waals surface area (Å²) in [6, 6.07) is 24.1. The third kappa shape index (κ3) is 7.68. The molecule has 1 atom stereocenters. The molecule has 3 rings (SSSR count). The molecule has 0 fully saturated rings. The summed E-state index contributed by atoms with van der Waals surface area (Å²) in [5, 5.41) is 2.90. The number of para-hydroxylation sites is 1. The lowest BCUT2D eigenvalue weighted by atomic mass is 10.1. The number of anilines is 1. The van der Waals surface area contributed by atoms with E-state index in [0.717, 1.165) is 28.3 Å². The number of nitrogens with zero attached hydrogens (tertiary/aromatic N) is 2. The minimum atomic E-state index is -4.04. The van der Waals surface area contributed by atoms with Crippen molar-refractivity contribution in [1.82, 2.24) is 10.2 Å². The van der Waals surface area contributed by atoms with Crippen LogP contribution in [-0.2, 0) is 26.0 Å². The second-order valence-electron chi connectivity index (χ2n) is 9.30. The number of benzene rings is 3. The topological polar surface area (TPSA) is 86.8 Å². The second-order valence-corrected chi connectivity index (χ2v) is 11.2. The van der Waals surface area contributed by atoms with Gasteiger partial charge in [-0.3, -0.25) is 13.9 Å². The van der Waals surface area contributed by atoms with Gasteiger partial charge in [0.25, 0.3) is 10.0 Å². The fourth-order valence-electron chi connectivity index (χ4n) is 4.07. The SMILES string of the molecule is CCCCNC(=O)C(C)N(CCc1ccccc1)C(=O)CN(c1ccccc1)S(=O)(=O)c1ccc(C)cc1. The van der Waals surface area contributed by atoms with E-state index in [0.29, 0.717) is 18.7 Å². The largest absolute Gasteiger partial charge is 0.354 e. The molecule has 0 bridgehead atoms. The minimum Gasteiger partial charge on any atom is -0.354 e. The van der Waals surface area contributed by atoms with Crippen LogP contribution in [0.5, 0.6) is 0 Å². The van der Waals surface area contributed by atoms with E-state index in [2.05, 4.69) is 5.32 Å². The Hall–Kier alpha value is -3.65. The number of unbranched alkanes of at least 4 members (excludes halogenated alkanes) is 1. The van der Waals surface area contributed by atoms with Gasteiger partial charge in [-0.2, -0.15) is 0 Å². The first-order valence-corrected chi connectivity index (χ1v) is 14.4. The van der Waals surface area contributed by atoms with Crippen molar-refractivity contribution in [3.8, 4) is 0 Å². The van der Waals surface area contributed by atoms with Gasteiger partial charge in [-0.15, -0.1) is 0 Å². The van der Waals surface area contributed by atoms with Crippen molar-refractivity contribution in [2.75, 3.05) is 23.9 Å². The highest BCUT2D eigenvalue weighted by Crippen LogP contribution is 2.24. The first kappa shape index (κ1) is 28.9. The molecule has 38 heavy (non-hydrogen) atoms. The van der Waals surface area contributed by atoms with Gasteiger partial charge >= 0.3 is 0 Å². The maximum atomic E-state index is 13.8. The fourth-order valence-corrected chi connectivity index (χ4v) is 5.48. The van der Waals surface area contributed by atoms with Crippen LogP contribution in [0, 0.1) is 6.92 Å². The summed E-state index contributed by atoms with van der Waals surface area (Å²) < 4.78 is 28.6. The van der Waals surface area contributed by atoms with Crippen molar-refractivity contribution >= 4 is 27.5 Å². The summed E-state index contributed by atoms with van der Waals surface area (Å²) in [6.45, 7) is 5.98. The van der Waals surface area contributed by atoms with Gasteiger partial charge < -0.3 is 10.2 Å². The summed E-state index contributed by atoms with van der Waals surface area (Å²) in [5.41, 5.74) is 2.34. The average molecular weight is 536 g/mol. The van der Waals surface area contributed by atoms with E-state index >= 15 is 0 Å². The lowest BCUT2D eigenvalue weighted by Gasteiger charge is -2.32. The Morgan fingerprint density at radius 1 is 0.895 bits per heavy atom. The molecule has 0 aliphatic rings. The highest BCUT2D eigenvalue weighted by molar-refractivity contribution is 7.92. The van der Waals surface area contributed by atoms with Gasteiger partial charge in [-0.05, 0) is 56.5 Å². The van der Waals surface area contributed by atoms with Crippen LogP contribution < -0.4 is 9.62 Å². The van der Waals surface area contributed by atoms with E-state index in [1.54, 1.807) is 61.5 Å². The van der Waals surface area contributed by atoms with E-state index in [1.807, 2.05) is 44.2 Å². The van der Waals surface area contributed by atoms with E-state index in [4.69, 9.17) is 0 Å². The van der Waals surface area contributed by atoms with Crippen LogP contribution in [0.15, 0.2) is 89.8 Å². The zero-order valence-corrected chi connectivity index (χ0v) is 23.2. The summed E-state index contributed by atoms with van der Waals surface area (Å²) in [7, 11) is -4.04. The Balaban J connectivity index is 1.91. The molecule has 7 nitrogen and oxygen atoms in total. The Kier molecular flexibility index (Phi) is 10.5. The van der Waals surface area contributed by atoms with Crippen LogP contribution in [-0.4, -0.2) is 50.8 Å². The molecule has 8 heteroatoms. The Labute approximate surface area is 226 Å². The monoisotopic (exact) mass is 535 g/mol. The van der Waals surface area contributed by atoms with Crippen LogP contribution >= 0.6 is 0 Å². The first-order chi connectivity index (χ1) is 18.2. The smallest absolute Gasteiger partial charge is 0.264 e. The molecule has 3 aromatic rings. The minimum absolute atomic E-state index is 0.0981. The zero-order chi connectivity index (χ0) is 27.5. The number of aryl methyl sites for hydroxylation is 1. The summed E-state index contributed by atoms with van der Waals surface area (Å²) in [4.78, 5) is 28.3. The highest BCUT2D eigenvalue weighted by atomic mass is 32.2. The van der Waals surface area contributed by atoms with Crippen LogP contribution in [0.1, 0.15) is 37.8 Å². The van der Waals surface area contributed by atoms with Crippen LogP contribution in [0.25, 0.3) is 0 Å². The number of hydrogen-bond donors (Lipinski definition) is 1. The molecular formula is C30H37N3O4S. The van der Waals surface area contributed by atoms with Gasteiger partial charge in [0.1, 0.15) is 12.6 Å². The van der Waals surface area contributed by atoms with Gasteiger partial charge in [0.15, 0.2) is 0 Å². The predicted molar refractivity (Wildman–Crippen MR) is 151 cm³/mol. The third-order valence-electron chi connectivity index (χ3n) is 6.41. The molecule has 0 heterocycles. The predicted octanol–water partition coefficient (Wildman–Crippen LogP) is 4.57. The van der Waals surface area contributed by atoms with Crippen molar-refractivity contribution in [1.29, 1.82) is 0 Å². The molecule has 0 aromatic heterocycles. The Morgan fingerprint density at radius 2 is 1.50 bits per heavy atom.